The second-order valence-corrected chi connectivity index (χ2v) is 16.8. The van der Waals surface area contributed by atoms with Crippen molar-refractivity contribution in [3.05, 3.63) is 36.0 Å². The molecule has 0 aliphatic heterocycles. The Morgan fingerprint density at radius 2 is 0.915 bits per heavy atom. The molecule has 0 aliphatic rings. The summed E-state index contributed by atoms with van der Waals surface area (Å²) in [5.74, 6) is 0. The van der Waals surface area contributed by atoms with Crippen molar-refractivity contribution in [1.29, 1.82) is 0 Å². The summed E-state index contributed by atoms with van der Waals surface area (Å²) >= 11 is 0. The molecule has 7 N–H and O–H groups in total. The Balaban J connectivity index is 4.44. The smallest absolute Gasteiger partial charge is 0.0877 e. The van der Waals surface area contributed by atoms with E-state index in [4.69, 9.17) is 0 Å². The molecule has 0 aliphatic carbocycles. The maximum absolute atomic E-state index is 11.0. The molecule has 7 atom stereocenters. The van der Waals surface area contributed by atoms with E-state index in [1.807, 2.05) is 27.7 Å². The largest absolute Gasteiger partial charge is 0.390 e. The normalized spacial score (nSPS) is 20.9. The summed E-state index contributed by atoms with van der Waals surface area (Å²) in [4.78, 5) is 0. The van der Waals surface area contributed by atoms with Crippen molar-refractivity contribution in [3.63, 3.8) is 0 Å². The van der Waals surface area contributed by atoms with Crippen molar-refractivity contribution in [2.45, 2.75) is 218 Å². The Morgan fingerprint density at radius 3 is 1.30 bits per heavy atom. The molecule has 0 aromatic carbocycles. The van der Waals surface area contributed by atoms with Gasteiger partial charge in [-0.1, -0.05) is 29.4 Å². The molecule has 0 amide bonds. The number of hydrogen-bond donors (Lipinski definition) is 7. The van der Waals surface area contributed by atoms with Gasteiger partial charge in [-0.05, 0) is 178 Å². The molecule has 0 saturated carbocycles. The Bertz CT molecular complexity index is 936. The van der Waals surface area contributed by atoms with Gasteiger partial charge in [-0.3, -0.25) is 0 Å². The highest BCUT2D eigenvalue weighted by atomic mass is 16.3. The van der Waals surface area contributed by atoms with E-state index >= 15 is 0 Å². The summed E-state index contributed by atoms with van der Waals surface area (Å²) in [7, 11) is 0. The van der Waals surface area contributed by atoms with E-state index < -0.39 is 39.7 Å². The zero-order valence-corrected chi connectivity index (χ0v) is 31.9. The molecule has 7 heteroatoms. The van der Waals surface area contributed by atoms with E-state index in [1.54, 1.807) is 26.8 Å². The molecule has 0 unspecified atom stereocenters. The van der Waals surface area contributed by atoms with Crippen LogP contribution >= 0.6 is 0 Å². The Hall–Kier alpha value is -1.06. The summed E-state index contributed by atoms with van der Waals surface area (Å²) in [5, 5.41) is 75.1. The Kier molecular flexibility index (Phi) is 20.1. The Labute approximate surface area is 288 Å². The average molecular weight is 669 g/mol. The molecule has 0 rings (SSSR count). The van der Waals surface area contributed by atoms with Crippen LogP contribution in [-0.2, 0) is 0 Å². The highest BCUT2D eigenvalue weighted by Crippen LogP contribution is 2.31. The monoisotopic (exact) mass is 669 g/mol. The highest BCUT2D eigenvalue weighted by molar-refractivity contribution is 5.02. The third-order valence-corrected chi connectivity index (χ3v) is 10.0. The first-order chi connectivity index (χ1) is 21.3. The van der Waals surface area contributed by atoms with E-state index in [2.05, 4.69) is 32.6 Å². The van der Waals surface area contributed by atoms with Crippen molar-refractivity contribution in [2.75, 3.05) is 0 Å². The summed E-state index contributed by atoms with van der Waals surface area (Å²) in [5.41, 5.74) is -3.17. The summed E-state index contributed by atoms with van der Waals surface area (Å²) in [6, 6.07) is 0. The predicted molar refractivity (Wildman–Crippen MR) is 196 cm³/mol. The minimum atomic E-state index is -1.25. The topological polar surface area (TPSA) is 142 Å². The van der Waals surface area contributed by atoms with E-state index in [1.165, 1.54) is 5.57 Å². The molecular formula is C40H76O7. The van der Waals surface area contributed by atoms with Crippen LogP contribution in [0.5, 0.6) is 0 Å². The van der Waals surface area contributed by atoms with Gasteiger partial charge in [0.25, 0.3) is 0 Å². The molecule has 278 valence electrons. The van der Waals surface area contributed by atoms with Crippen LogP contribution < -0.4 is 0 Å². The summed E-state index contributed by atoms with van der Waals surface area (Å²) < 4.78 is 0. The lowest BCUT2D eigenvalue weighted by atomic mass is 9.83. The standard InChI is InChI=1S/C40H76O7/c1-11-35(5,42)22-13-19-33(4)20-21-34(41)40(10,47)31-17-30-39(9,46)29-16-28-38(8,45)27-15-26-37(7,44)25-14-24-36(6,43)23-12-18-32(2)3/h11,18-19,34,41-47H,1,12-17,20-31H2,2-10H3/b33-19+/t34-,35+,36+,37-,38+,39+,40+/m0/s1. The molecular weight excluding hydrogens is 592 g/mol. The molecule has 0 radical (unpaired) electrons. The van der Waals surface area contributed by atoms with Crippen molar-refractivity contribution in [1.82, 2.24) is 0 Å². The second kappa shape index (κ2) is 20.6. The minimum absolute atomic E-state index is 0.375. The molecule has 7 nitrogen and oxygen atoms in total. The van der Waals surface area contributed by atoms with E-state index in [0.29, 0.717) is 103 Å². The van der Waals surface area contributed by atoms with Crippen LogP contribution in [0.15, 0.2) is 36.0 Å². The Morgan fingerprint density at radius 1 is 0.553 bits per heavy atom. The third kappa shape index (κ3) is 23.9. The molecule has 47 heavy (non-hydrogen) atoms. The van der Waals surface area contributed by atoms with E-state index in [-0.39, 0.29) is 0 Å². The third-order valence-electron chi connectivity index (χ3n) is 10.0. The van der Waals surface area contributed by atoms with Crippen LogP contribution in [0, 0.1) is 0 Å². The minimum Gasteiger partial charge on any atom is -0.390 e. The van der Waals surface area contributed by atoms with Crippen LogP contribution in [0.25, 0.3) is 0 Å². The molecule has 0 fully saturated rings. The zero-order chi connectivity index (χ0) is 36.6. The fraction of sp³-hybridized carbons (Fsp3) is 0.850. The van der Waals surface area contributed by atoms with E-state index in [0.717, 1.165) is 18.4 Å². The lowest BCUT2D eigenvalue weighted by Gasteiger charge is -2.32. The van der Waals surface area contributed by atoms with Crippen LogP contribution in [0.3, 0.4) is 0 Å². The number of rotatable bonds is 27. The molecule has 0 spiro atoms. The zero-order valence-electron chi connectivity index (χ0n) is 31.9. The van der Waals surface area contributed by atoms with Crippen molar-refractivity contribution < 1.29 is 35.7 Å². The van der Waals surface area contributed by atoms with Gasteiger partial charge >= 0.3 is 0 Å². The lowest BCUT2D eigenvalue weighted by Crippen LogP contribution is -2.39. The van der Waals surface area contributed by atoms with Crippen LogP contribution in [0.1, 0.15) is 178 Å². The van der Waals surface area contributed by atoms with Gasteiger partial charge in [0, 0.05) is 0 Å². The van der Waals surface area contributed by atoms with Gasteiger partial charge in [0.2, 0.25) is 0 Å². The summed E-state index contributed by atoms with van der Waals surface area (Å²) in [6.07, 6.45) is 15.8. The first-order valence-electron chi connectivity index (χ1n) is 18.3. The maximum Gasteiger partial charge on any atom is 0.0877 e. The predicted octanol–water partition coefficient (Wildman–Crippen LogP) is 7.97. The summed E-state index contributed by atoms with van der Waals surface area (Å²) in [6.45, 7) is 20.5. The average Bonchev–Trinajstić information content (AvgIpc) is 2.90. The molecule has 0 heterocycles. The SMILES string of the molecule is C=C[C@@](C)(O)CC/C=C(\C)CC[C@H](O)[C@](C)(O)CCC[C@](C)(O)CCC[C@](C)(O)CCC[C@@](C)(O)CCC[C@](C)(O)CCC=C(C)C. The fourth-order valence-electron chi connectivity index (χ4n) is 6.21. The first-order valence-corrected chi connectivity index (χ1v) is 18.3. The van der Waals surface area contributed by atoms with E-state index in [9.17, 15) is 35.7 Å². The van der Waals surface area contributed by atoms with Gasteiger partial charge in [-0.25, -0.2) is 0 Å². The molecule has 0 bridgehead atoms. The second-order valence-electron chi connectivity index (χ2n) is 16.8. The van der Waals surface area contributed by atoms with Crippen LogP contribution in [0.4, 0.5) is 0 Å². The highest BCUT2D eigenvalue weighted by Gasteiger charge is 2.32. The molecule has 0 aromatic rings. The molecule has 0 saturated heterocycles. The van der Waals surface area contributed by atoms with Gasteiger partial charge in [-0.2, -0.15) is 0 Å². The van der Waals surface area contributed by atoms with Gasteiger partial charge < -0.3 is 35.7 Å². The van der Waals surface area contributed by atoms with Crippen molar-refractivity contribution in [3.8, 4) is 0 Å². The number of aliphatic hydroxyl groups excluding tert-OH is 1. The number of hydrogen-bond acceptors (Lipinski definition) is 7. The van der Waals surface area contributed by atoms with Crippen LogP contribution in [-0.4, -0.2) is 75.5 Å². The quantitative estimate of drug-likeness (QED) is 0.0440. The molecule has 0 aromatic heterocycles. The number of aliphatic hydroxyl groups is 7. The number of allylic oxidation sites excluding steroid dienone is 4. The van der Waals surface area contributed by atoms with Gasteiger partial charge in [-0.15, -0.1) is 6.58 Å². The van der Waals surface area contributed by atoms with Gasteiger partial charge in [0.1, 0.15) is 0 Å². The first kappa shape index (κ1) is 45.9. The van der Waals surface area contributed by atoms with Crippen molar-refractivity contribution >= 4 is 0 Å². The lowest BCUT2D eigenvalue weighted by molar-refractivity contribution is -0.0746. The van der Waals surface area contributed by atoms with Gasteiger partial charge in [0.05, 0.1) is 39.7 Å². The fourth-order valence-corrected chi connectivity index (χ4v) is 6.21. The van der Waals surface area contributed by atoms with Gasteiger partial charge in [0.15, 0.2) is 0 Å². The van der Waals surface area contributed by atoms with Crippen molar-refractivity contribution in [2.24, 2.45) is 0 Å². The maximum atomic E-state index is 11.0. The van der Waals surface area contributed by atoms with Crippen LogP contribution in [0.2, 0.25) is 0 Å².